The molecule has 0 unspecified atom stereocenters. The maximum Gasteiger partial charge on any atom is 0.344 e. The number of thioether (sulfide) groups is 1. The number of hydrazine groups is 1. The van der Waals surface area contributed by atoms with Crippen molar-refractivity contribution in [3.8, 4) is 5.75 Å². The lowest BCUT2D eigenvalue weighted by atomic mass is 9.92. The SMILES string of the molecule is COc1cccc([C@@]2(C)NC(=O)N(NC(=O)[C@H](Sc3ccccc3)c3ccccc3)C2=O)c1. The van der Waals surface area contributed by atoms with Crippen molar-refractivity contribution in [2.45, 2.75) is 22.6 Å². The quantitative estimate of drug-likeness (QED) is 0.410. The Bertz CT molecular complexity index is 1170. The molecule has 1 aliphatic rings. The summed E-state index contributed by atoms with van der Waals surface area (Å²) in [4.78, 5) is 40.2. The fourth-order valence-corrected chi connectivity index (χ4v) is 4.61. The van der Waals surface area contributed by atoms with Gasteiger partial charge in [-0.1, -0.05) is 60.7 Å². The lowest BCUT2D eigenvalue weighted by molar-refractivity contribution is -0.138. The number of urea groups is 1. The van der Waals surface area contributed by atoms with Gasteiger partial charge >= 0.3 is 6.03 Å². The number of nitrogens with zero attached hydrogens (tertiary/aromatic N) is 1. The predicted octanol–water partition coefficient (Wildman–Crippen LogP) is 4.03. The molecule has 0 aliphatic carbocycles. The van der Waals surface area contributed by atoms with Crippen LogP contribution in [-0.4, -0.2) is 30.0 Å². The number of amides is 4. The van der Waals surface area contributed by atoms with E-state index in [0.717, 1.165) is 15.5 Å². The minimum atomic E-state index is -1.34. The molecular formula is C25H23N3O4S. The summed E-state index contributed by atoms with van der Waals surface area (Å²) < 4.78 is 5.24. The van der Waals surface area contributed by atoms with Crippen molar-refractivity contribution in [2.75, 3.05) is 7.11 Å². The predicted molar refractivity (Wildman–Crippen MR) is 125 cm³/mol. The summed E-state index contributed by atoms with van der Waals surface area (Å²) in [5, 5.41) is 2.78. The number of hydrogen-bond donors (Lipinski definition) is 2. The molecule has 1 aliphatic heterocycles. The molecule has 0 spiro atoms. The summed E-state index contributed by atoms with van der Waals surface area (Å²) in [7, 11) is 1.52. The van der Waals surface area contributed by atoms with Crippen LogP contribution in [0.5, 0.6) is 5.75 Å². The van der Waals surface area contributed by atoms with E-state index in [1.807, 2.05) is 60.7 Å². The fraction of sp³-hybridized carbons (Fsp3) is 0.160. The van der Waals surface area contributed by atoms with Gasteiger partial charge in [-0.05, 0) is 42.3 Å². The number of methoxy groups -OCH3 is 1. The van der Waals surface area contributed by atoms with E-state index in [-0.39, 0.29) is 0 Å². The van der Waals surface area contributed by atoms with E-state index in [4.69, 9.17) is 4.74 Å². The first-order chi connectivity index (χ1) is 15.9. The highest BCUT2D eigenvalue weighted by Crippen LogP contribution is 2.36. The van der Waals surface area contributed by atoms with E-state index in [1.54, 1.807) is 31.2 Å². The Hall–Kier alpha value is -3.78. The average Bonchev–Trinajstić information content (AvgIpc) is 3.07. The van der Waals surface area contributed by atoms with Gasteiger partial charge in [-0.15, -0.1) is 11.8 Å². The number of rotatable bonds is 7. The smallest absolute Gasteiger partial charge is 0.344 e. The summed E-state index contributed by atoms with van der Waals surface area (Å²) in [5.41, 5.74) is 2.50. The van der Waals surface area contributed by atoms with E-state index in [1.165, 1.54) is 18.9 Å². The van der Waals surface area contributed by atoms with Gasteiger partial charge in [-0.2, -0.15) is 5.01 Å². The van der Waals surface area contributed by atoms with Gasteiger partial charge in [-0.25, -0.2) is 4.79 Å². The van der Waals surface area contributed by atoms with Crippen LogP contribution in [0.3, 0.4) is 0 Å². The van der Waals surface area contributed by atoms with Crippen LogP contribution in [0.1, 0.15) is 23.3 Å². The highest BCUT2D eigenvalue weighted by molar-refractivity contribution is 8.00. The first kappa shape index (κ1) is 22.4. The van der Waals surface area contributed by atoms with Gasteiger partial charge < -0.3 is 10.1 Å². The summed E-state index contributed by atoms with van der Waals surface area (Å²) in [5.74, 6) is -0.499. The summed E-state index contributed by atoms with van der Waals surface area (Å²) in [6.07, 6.45) is 0. The molecule has 4 amide bonds. The Morgan fingerprint density at radius 3 is 2.33 bits per heavy atom. The molecule has 2 N–H and O–H groups in total. The van der Waals surface area contributed by atoms with Gasteiger partial charge in [0.2, 0.25) is 0 Å². The molecule has 0 radical (unpaired) electrons. The van der Waals surface area contributed by atoms with Crippen LogP contribution in [-0.2, 0) is 15.1 Å². The van der Waals surface area contributed by atoms with Crippen LogP contribution >= 0.6 is 11.8 Å². The van der Waals surface area contributed by atoms with Crippen molar-refractivity contribution in [2.24, 2.45) is 0 Å². The van der Waals surface area contributed by atoms with Gasteiger partial charge in [0.25, 0.3) is 11.8 Å². The average molecular weight is 462 g/mol. The number of benzene rings is 3. The summed E-state index contributed by atoms with van der Waals surface area (Å²) in [6.45, 7) is 1.60. The van der Waals surface area contributed by atoms with Crippen molar-refractivity contribution < 1.29 is 19.1 Å². The molecule has 168 valence electrons. The van der Waals surface area contributed by atoms with E-state index < -0.39 is 28.6 Å². The van der Waals surface area contributed by atoms with E-state index in [0.29, 0.717) is 11.3 Å². The highest BCUT2D eigenvalue weighted by Gasteiger charge is 2.50. The Balaban J connectivity index is 1.59. The molecule has 2 atom stereocenters. The number of imide groups is 1. The Kier molecular flexibility index (Phi) is 6.37. The van der Waals surface area contributed by atoms with Crippen LogP contribution in [0, 0.1) is 0 Å². The molecular weight excluding hydrogens is 438 g/mol. The molecule has 1 heterocycles. The zero-order valence-electron chi connectivity index (χ0n) is 18.1. The lowest BCUT2D eigenvalue weighted by Crippen LogP contribution is -2.49. The number of hydrogen-bond acceptors (Lipinski definition) is 5. The van der Waals surface area contributed by atoms with Crippen LogP contribution < -0.4 is 15.5 Å². The van der Waals surface area contributed by atoms with Crippen molar-refractivity contribution in [3.05, 3.63) is 96.1 Å². The van der Waals surface area contributed by atoms with Gasteiger partial charge in [0.1, 0.15) is 16.5 Å². The highest BCUT2D eigenvalue weighted by atomic mass is 32.2. The maximum atomic E-state index is 13.3. The van der Waals surface area contributed by atoms with Crippen molar-refractivity contribution >= 4 is 29.6 Å². The second kappa shape index (κ2) is 9.38. The van der Waals surface area contributed by atoms with Crippen molar-refractivity contribution in [1.82, 2.24) is 15.8 Å². The Morgan fingerprint density at radius 1 is 1.00 bits per heavy atom. The largest absolute Gasteiger partial charge is 0.497 e. The standard InChI is InChI=1S/C25H23N3O4S/c1-25(18-12-9-13-19(16-18)32-2)23(30)28(24(31)26-25)27-22(29)21(17-10-5-3-6-11-17)33-20-14-7-4-8-15-20/h3-16,21H,1-2H3,(H,26,31)(H,27,29)/t21-,25-/m1/s1. The zero-order chi connectivity index (χ0) is 23.4. The zero-order valence-corrected chi connectivity index (χ0v) is 19.0. The Labute approximate surface area is 196 Å². The van der Waals surface area contributed by atoms with Crippen molar-refractivity contribution in [3.63, 3.8) is 0 Å². The first-order valence-corrected chi connectivity index (χ1v) is 11.2. The van der Waals surface area contributed by atoms with E-state index in [2.05, 4.69) is 10.7 Å². The molecule has 1 saturated heterocycles. The van der Waals surface area contributed by atoms with Gasteiger partial charge in [-0.3, -0.25) is 15.0 Å². The van der Waals surface area contributed by atoms with Crippen LogP contribution in [0.15, 0.2) is 89.8 Å². The second-order valence-electron chi connectivity index (χ2n) is 7.63. The number of nitrogens with one attached hydrogen (secondary N) is 2. The molecule has 0 bridgehead atoms. The molecule has 1 fully saturated rings. The molecule has 8 heteroatoms. The third-order valence-corrected chi connectivity index (χ3v) is 6.66. The third kappa shape index (κ3) is 4.56. The van der Waals surface area contributed by atoms with Crippen molar-refractivity contribution in [1.29, 1.82) is 0 Å². The monoisotopic (exact) mass is 461 g/mol. The van der Waals surface area contributed by atoms with E-state index in [9.17, 15) is 14.4 Å². The normalized spacial score (nSPS) is 18.5. The minimum Gasteiger partial charge on any atom is -0.497 e. The fourth-order valence-electron chi connectivity index (χ4n) is 3.58. The maximum absolute atomic E-state index is 13.3. The Morgan fingerprint density at radius 2 is 1.67 bits per heavy atom. The summed E-state index contributed by atoms with van der Waals surface area (Å²) >= 11 is 1.34. The third-order valence-electron chi connectivity index (χ3n) is 5.40. The molecule has 33 heavy (non-hydrogen) atoms. The minimum absolute atomic E-state index is 0.478. The van der Waals surface area contributed by atoms with E-state index >= 15 is 0 Å². The van der Waals surface area contributed by atoms with Gasteiger partial charge in [0.05, 0.1) is 7.11 Å². The molecule has 0 aromatic heterocycles. The molecule has 3 aromatic carbocycles. The van der Waals surface area contributed by atoms with Crippen LogP contribution in [0.2, 0.25) is 0 Å². The molecule has 7 nitrogen and oxygen atoms in total. The molecule has 0 saturated carbocycles. The van der Waals surface area contributed by atoms with Gasteiger partial charge in [0, 0.05) is 4.90 Å². The number of ether oxygens (including phenoxy) is 1. The lowest BCUT2D eigenvalue weighted by Gasteiger charge is -2.23. The first-order valence-electron chi connectivity index (χ1n) is 10.3. The second-order valence-corrected chi connectivity index (χ2v) is 8.80. The number of carbonyl (C=O) groups is 3. The summed E-state index contributed by atoms with van der Waals surface area (Å²) in [6, 6.07) is 24.9. The van der Waals surface area contributed by atoms with Crippen LogP contribution in [0.4, 0.5) is 4.79 Å². The molecule has 3 aromatic rings. The van der Waals surface area contributed by atoms with Crippen LogP contribution in [0.25, 0.3) is 0 Å². The topological polar surface area (TPSA) is 87.7 Å². The number of carbonyl (C=O) groups excluding carboxylic acids is 3. The molecule has 4 rings (SSSR count). The van der Waals surface area contributed by atoms with Gasteiger partial charge in [0.15, 0.2) is 0 Å².